The second-order valence-corrected chi connectivity index (χ2v) is 12.3. The van der Waals surface area contributed by atoms with Crippen LogP contribution in [0.2, 0.25) is 5.02 Å². The Morgan fingerprint density at radius 1 is 1.08 bits per heavy atom. The van der Waals surface area contributed by atoms with Crippen LogP contribution >= 0.6 is 11.6 Å². The number of sulfonamides is 1. The van der Waals surface area contributed by atoms with Crippen LogP contribution in [0.5, 0.6) is 0 Å². The molecule has 0 aromatic heterocycles. The third-order valence-corrected chi connectivity index (χ3v) is 8.43. The van der Waals surface area contributed by atoms with Crippen LogP contribution in [0, 0.1) is 13.8 Å². The van der Waals surface area contributed by atoms with E-state index in [9.17, 15) is 18.0 Å². The van der Waals surface area contributed by atoms with Gasteiger partial charge in [-0.25, -0.2) is 8.42 Å². The summed E-state index contributed by atoms with van der Waals surface area (Å²) in [6.45, 7) is 5.28. The molecule has 1 aliphatic rings. The molecule has 37 heavy (non-hydrogen) atoms. The van der Waals surface area contributed by atoms with Gasteiger partial charge in [0.15, 0.2) is 0 Å². The summed E-state index contributed by atoms with van der Waals surface area (Å²) in [5.74, 6) is -0.678. The predicted octanol–water partition coefficient (Wildman–Crippen LogP) is 4.98. The highest BCUT2D eigenvalue weighted by molar-refractivity contribution is 7.92. The van der Waals surface area contributed by atoms with Crippen LogP contribution in [-0.4, -0.2) is 50.0 Å². The van der Waals surface area contributed by atoms with E-state index < -0.39 is 28.5 Å². The Morgan fingerprint density at radius 2 is 1.76 bits per heavy atom. The van der Waals surface area contributed by atoms with Gasteiger partial charge in [-0.2, -0.15) is 0 Å². The van der Waals surface area contributed by atoms with Crippen LogP contribution in [0.4, 0.5) is 5.69 Å². The fourth-order valence-electron chi connectivity index (χ4n) is 4.95. The number of nitrogens with one attached hydrogen (secondary N) is 1. The highest BCUT2D eigenvalue weighted by Gasteiger charge is 2.33. The van der Waals surface area contributed by atoms with Gasteiger partial charge in [-0.1, -0.05) is 73.7 Å². The number of rotatable bonds is 10. The van der Waals surface area contributed by atoms with Crippen LogP contribution < -0.4 is 9.62 Å². The molecule has 2 amide bonds. The van der Waals surface area contributed by atoms with Gasteiger partial charge in [0.05, 0.1) is 11.9 Å². The van der Waals surface area contributed by atoms with Crippen molar-refractivity contribution in [2.45, 2.75) is 77.9 Å². The first-order chi connectivity index (χ1) is 17.5. The first-order valence-corrected chi connectivity index (χ1v) is 15.1. The quantitative estimate of drug-likeness (QED) is 0.454. The molecule has 1 fully saturated rings. The number of aryl methyl sites for hydroxylation is 2. The molecule has 0 bridgehead atoms. The highest BCUT2D eigenvalue weighted by Crippen LogP contribution is 2.26. The molecule has 202 valence electrons. The van der Waals surface area contributed by atoms with E-state index in [1.54, 1.807) is 18.2 Å². The van der Waals surface area contributed by atoms with Crippen LogP contribution in [0.25, 0.3) is 0 Å². The van der Waals surface area contributed by atoms with E-state index in [2.05, 4.69) is 5.32 Å². The maximum atomic E-state index is 13.9. The van der Waals surface area contributed by atoms with Crippen LogP contribution in [0.1, 0.15) is 62.1 Å². The van der Waals surface area contributed by atoms with Gasteiger partial charge in [-0.3, -0.25) is 13.9 Å². The second kappa shape index (κ2) is 12.8. The van der Waals surface area contributed by atoms with Gasteiger partial charge >= 0.3 is 0 Å². The summed E-state index contributed by atoms with van der Waals surface area (Å²) in [6.07, 6.45) is 6.64. The number of hydrogen-bond donors (Lipinski definition) is 1. The lowest BCUT2D eigenvalue weighted by atomic mass is 9.95. The van der Waals surface area contributed by atoms with Crippen LogP contribution in [-0.2, 0) is 26.2 Å². The summed E-state index contributed by atoms with van der Waals surface area (Å²) >= 11 is 6.42. The predicted molar refractivity (Wildman–Crippen MR) is 149 cm³/mol. The molecule has 0 radical (unpaired) electrons. The third kappa shape index (κ3) is 7.71. The molecule has 9 heteroatoms. The molecule has 0 heterocycles. The zero-order valence-electron chi connectivity index (χ0n) is 22.2. The highest BCUT2D eigenvalue weighted by atomic mass is 35.5. The topological polar surface area (TPSA) is 86.8 Å². The van der Waals surface area contributed by atoms with E-state index in [0.29, 0.717) is 22.7 Å². The van der Waals surface area contributed by atoms with Crippen molar-refractivity contribution in [3.8, 4) is 0 Å². The molecule has 1 aliphatic carbocycles. The van der Waals surface area contributed by atoms with E-state index in [-0.39, 0.29) is 18.5 Å². The number of carbonyl (C=O) groups excluding carboxylic acids is 2. The molecule has 0 unspecified atom stereocenters. The fourth-order valence-corrected chi connectivity index (χ4v) is 6.06. The van der Waals surface area contributed by atoms with Gasteiger partial charge in [0.2, 0.25) is 21.8 Å². The molecule has 0 saturated heterocycles. The van der Waals surface area contributed by atoms with Crippen molar-refractivity contribution in [1.29, 1.82) is 0 Å². The van der Waals surface area contributed by atoms with Crippen molar-refractivity contribution < 1.29 is 18.0 Å². The molecule has 1 atom stereocenters. The molecule has 1 N–H and O–H groups in total. The molecule has 7 nitrogen and oxygen atoms in total. The van der Waals surface area contributed by atoms with Crippen LogP contribution in [0.15, 0.2) is 42.5 Å². The summed E-state index contributed by atoms with van der Waals surface area (Å²) in [4.78, 5) is 28.8. The maximum Gasteiger partial charge on any atom is 0.244 e. The lowest BCUT2D eigenvalue weighted by molar-refractivity contribution is -0.140. The van der Waals surface area contributed by atoms with Gasteiger partial charge < -0.3 is 10.2 Å². The number of carbonyl (C=O) groups is 2. The number of hydrogen-bond acceptors (Lipinski definition) is 4. The zero-order chi connectivity index (χ0) is 27.2. The number of benzene rings is 2. The normalized spacial score (nSPS) is 15.2. The molecule has 2 aromatic carbocycles. The van der Waals surface area contributed by atoms with Crippen molar-refractivity contribution in [3.05, 3.63) is 64.2 Å². The largest absolute Gasteiger partial charge is 0.352 e. The maximum absolute atomic E-state index is 13.9. The monoisotopic (exact) mass is 547 g/mol. The minimum atomic E-state index is -3.78. The fraction of sp³-hybridized carbons (Fsp3) is 0.500. The Balaban J connectivity index is 1.94. The summed E-state index contributed by atoms with van der Waals surface area (Å²) in [5.41, 5.74) is 2.88. The SMILES string of the molecule is CC[C@@H](C(=O)NC1CCCCC1)N(Cc1ccccc1Cl)C(=O)CN(c1ccc(C)cc1C)S(C)(=O)=O. The molecule has 1 saturated carbocycles. The minimum absolute atomic E-state index is 0.0929. The summed E-state index contributed by atoms with van der Waals surface area (Å²) < 4.78 is 26.8. The average molecular weight is 548 g/mol. The molecular weight excluding hydrogens is 510 g/mol. The molecule has 2 aromatic rings. The summed E-state index contributed by atoms with van der Waals surface area (Å²) in [5, 5.41) is 3.62. The van der Waals surface area contributed by atoms with E-state index in [1.807, 2.05) is 45.0 Å². The molecule has 0 spiro atoms. The smallest absolute Gasteiger partial charge is 0.244 e. The lowest BCUT2D eigenvalue weighted by Crippen LogP contribution is -2.54. The third-order valence-electron chi connectivity index (χ3n) is 6.94. The van der Waals surface area contributed by atoms with E-state index in [0.717, 1.165) is 47.4 Å². The Hall–Kier alpha value is -2.58. The average Bonchev–Trinajstić information content (AvgIpc) is 2.84. The Kier molecular flexibility index (Phi) is 10.0. The van der Waals surface area contributed by atoms with Gasteiger partial charge in [-0.05, 0) is 56.4 Å². The first kappa shape index (κ1) is 29.0. The van der Waals surface area contributed by atoms with Crippen molar-refractivity contribution >= 4 is 39.1 Å². The van der Waals surface area contributed by atoms with Crippen molar-refractivity contribution in [2.75, 3.05) is 17.1 Å². The number of anilines is 1. The molecule has 3 rings (SSSR count). The standard InChI is InChI=1S/C28H38ClN3O4S/c1-5-25(28(34)30-23-12-7-6-8-13-23)31(18-22-11-9-10-14-24(22)29)27(33)19-32(37(4,35)36)26-16-15-20(2)17-21(26)3/h9-11,14-17,23,25H,5-8,12-13,18-19H2,1-4H3,(H,30,34)/t25-/m0/s1. The Morgan fingerprint density at radius 3 is 2.35 bits per heavy atom. The Labute approximate surface area is 226 Å². The van der Waals surface area contributed by atoms with E-state index in [4.69, 9.17) is 11.6 Å². The van der Waals surface area contributed by atoms with Gasteiger partial charge in [0.25, 0.3) is 0 Å². The van der Waals surface area contributed by atoms with Crippen molar-refractivity contribution in [3.63, 3.8) is 0 Å². The van der Waals surface area contributed by atoms with Gasteiger partial charge in [0, 0.05) is 17.6 Å². The van der Waals surface area contributed by atoms with Gasteiger partial charge in [-0.15, -0.1) is 0 Å². The summed E-state index contributed by atoms with van der Waals surface area (Å²) in [7, 11) is -3.78. The van der Waals surface area contributed by atoms with E-state index >= 15 is 0 Å². The van der Waals surface area contributed by atoms with Crippen molar-refractivity contribution in [1.82, 2.24) is 10.2 Å². The minimum Gasteiger partial charge on any atom is -0.352 e. The summed E-state index contributed by atoms with van der Waals surface area (Å²) in [6, 6.07) is 11.9. The number of amides is 2. The lowest BCUT2D eigenvalue weighted by Gasteiger charge is -2.34. The number of nitrogens with zero attached hydrogens (tertiary/aromatic N) is 2. The second-order valence-electron chi connectivity index (χ2n) is 9.94. The van der Waals surface area contributed by atoms with Crippen LogP contribution in [0.3, 0.4) is 0 Å². The van der Waals surface area contributed by atoms with E-state index in [1.165, 1.54) is 11.3 Å². The molecule has 0 aliphatic heterocycles. The van der Waals surface area contributed by atoms with Crippen molar-refractivity contribution in [2.24, 2.45) is 0 Å². The number of halogens is 1. The zero-order valence-corrected chi connectivity index (χ0v) is 23.7. The van der Waals surface area contributed by atoms with Gasteiger partial charge in [0.1, 0.15) is 12.6 Å². The Bertz CT molecular complexity index is 1210. The molecular formula is C28H38ClN3O4S. The first-order valence-electron chi connectivity index (χ1n) is 12.9.